The SMILES string of the molecule is CCC1C(C)CNC2CCc3cc(O)c(O)cc3C21. The van der Waals surface area contributed by atoms with Crippen LogP contribution >= 0.6 is 0 Å². The second kappa shape index (κ2) is 4.71. The standard InChI is InChI=1S/C16H23NO2/c1-3-11-9(2)8-17-13-5-4-10-6-14(18)15(19)7-12(10)16(11)13/h6-7,9,11,13,16-19H,3-5,8H2,1-2H3. The lowest BCUT2D eigenvalue weighted by Crippen LogP contribution is -2.50. The number of aromatic hydroxyl groups is 2. The highest BCUT2D eigenvalue weighted by Crippen LogP contribution is 2.46. The third-order valence-corrected chi connectivity index (χ3v) is 5.12. The number of phenols is 2. The molecule has 1 aliphatic heterocycles. The molecule has 104 valence electrons. The van der Waals surface area contributed by atoms with Gasteiger partial charge in [-0.15, -0.1) is 0 Å². The quantitative estimate of drug-likeness (QED) is 0.681. The molecular formula is C16H23NO2. The first-order chi connectivity index (χ1) is 9.11. The first kappa shape index (κ1) is 12.8. The molecule has 2 aliphatic rings. The van der Waals surface area contributed by atoms with Crippen LogP contribution < -0.4 is 5.32 Å². The van der Waals surface area contributed by atoms with Crippen LogP contribution in [-0.2, 0) is 6.42 Å². The van der Waals surface area contributed by atoms with Crippen molar-refractivity contribution in [3.05, 3.63) is 23.3 Å². The van der Waals surface area contributed by atoms with Gasteiger partial charge in [0.2, 0.25) is 0 Å². The van der Waals surface area contributed by atoms with Gasteiger partial charge >= 0.3 is 0 Å². The molecule has 1 fully saturated rings. The third kappa shape index (κ3) is 2.00. The topological polar surface area (TPSA) is 52.5 Å². The van der Waals surface area contributed by atoms with Crippen molar-refractivity contribution < 1.29 is 10.2 Å². The number of fused-ring (bicyclic) bond motifs is 3. The largest absolute Gasteiger partial charge is 0.504 e. The fourth-order valence-corrected chi connectivity index (χ4v) is 4.13. The van der Waals surface area contributed by atoms with Crippen molar-refractivity contribution >= 4 is 0 Å². The molecule has 3 heteroatoms. The number of piperidine rings is 1. The zero-order valence-electron chi connectivity index (χ0n) is 11.7. The summed E-state index contributed by atoms with van der Waals surface area (Å²) in [5.41, 5.74) is 2.46. The zero-order chi connectivity index (χ0) is 13.6. The summed E-state index contributed by atoms with van der Waals surface area (Å²) in [5.74, 6) is 1.83. The van der Waals surface area contributed by atoms with E-state index in [0.29, 0.717) is 23.8 Å². The van der Waals surface area contributed by atoms with Crippen LogP contribution in [0.5, 0.6) is 11.5 Å². The van der Waals surface area contributed by atoms with Gasteiger partial charge in [0.15, 0.2) is 11.5 Å². The first-order valence-electron chi connectivity index (χ1n) is 7.40. The smallest absolute Gasteiger partial charge is 0.157 e. The minimum atomic E-state index is 0.0158. The predicted molar refractivity (Wildman–Crippen MR) is 75.6 cm³/mol. The Morgan fingerprint density at radius 1 is 1.26 bits per heavy atom. The van der Waals surface area contributed by atoms with Gasteiger partial charge in [-0.25, -0.2) is 0 Å². The Balaban J connectivity index is 2.06. The fourth-order valence-electron chi connectivity index (χ4n) is 4.13. The molecular weight excluding hydrogens is 238 g/mol. The number of nitrogens with one attached hydrogen (secondary N) is 1. The molecule has 1 aliphatic carbocycles. The lowest BCUT2D eigenvalue weighted by molar-refractivity contribution is 0.166. The minimum Gasteiger partial charge on any atom is -0.504 e. The van der Waals surface area contributed by atoms with Crippen LogP contribution in [0.2, 0.25) is 0 Å². The number of hydrogen-bond donors (Lipinski definition) is 3. The van der Waals surface area contributed by atoms with Crippen LogP contribution in [0.3, 0.4) is 0 Å². The molecule has 3 N–H and O–H groups in total. The summed E-state index contributed by atoms with van der Waals surface area (Å²) in [5, 5.41) is 23.2. The molecule has 1 aromatic carbocycles. The monoisotopic (exact) mass is 261 g/mol. The molecule has 0 bridgehead atoms. The number of aryl methyl sites for hydroxylation is 1. The van der Waals surface area contributed by atoms with Crippen LogP contribution in [0.15, 0.2) is 12.1 Å². The second-order valence-corrected chi connectivity index (χ2v) is 6.17. The van der Waals surface area contributed by atoms with Gasteiger partial charge in [0, 0.05) is 12.0 Å². The van der Waals surface area contributed by atoms with Crippen LogP contribution in [0.1, 0.15) is 43.7 Å². The molecule has 0 spiro atoms. The van der Waals surface area contributed by atoms with Crippen LogP contribution in [0, 0.1) is 11.8 Å². The highest BCUT2D eigenvalue weighted by Gasteiger charge is 2.40. The molecule has 1 aromatic rings. The number of phenolic OH excluding ortho intramolecular Hbond substituents is 2. The molecule has 4 unspecified atom stereocenters. The van der Waals surface area contributed by atoms with Crippen LogP contribution in [0.4, 0.5) is 0 Å². The lowest BCUT2D eigenvalue weighted by Gasteiger charge is -2.46. The summed E-state index contributed by atoms with van der Waals surface area (Å²) < 4.78 is 0. The van der Waals surface area contributed by atoms with E-state index >= 15 is 0 Å². The van der Waals surface area contributed by atoms with Crippen molar-refractivity contribution in [3.8, 4) is 11.5 Å². The highest BCUT2D eigenvalue weighted by atomic mass is 16.3. The van der Waals surface area contributed by atoms with Gasteiger partial charge < -0.3 is 15.5 Å². The fraction of sp³-hybridized carbons (Fsp3) is 0.625. The summed E-state index contributed by atoms with van der Waals surface area (Å²) in [4.78, 5) is 0. The van der Waals surface area contributed by atoms with E-state index in [9.17, 15) is 10.2 Å². The maximum absolute atomic E-state index is 9.82. The van der Waals surface area contributed by atoms with E-state index in [2.05, 4.69) is 19.2 Å². The van der Waals surface area contributed by atoms with Gasteiger partial charge in [0.05, 0.1) is 0 Å². The average Bonchev–Trinajstić information content (AvgIpc) is 2.40. The first-order valence-corrected chi connectivity index (χ1v) is 7.40. The van der Waals surface area contributed by atoms with Crippen molar-refractivity contribution in [3.63, 3.8) is 0 Å². The van der Waals surface area contributed by atoms with Gasteiger partial charge in [0.1, 0.15) is 0 Å². The van der Waals surface area contributed by atoms with Gasteiger partial charge in [-0.2, -0.15) is 0 Å². The molecule has 19 heavy (non-hydrogen) atoms. The summed E-state index contributed by atoms with van der Waals surface area (Å²) in [6.45, 7) is 5.67. The zero-order valence-corrected chi connectivity index (χ0v) is 11.7. The maximum atomic E-state index is 9.82. The Labute approximate surface area is 114 Å². The summed E-state index contributed by atoms with van der Waals surface area (Å²) >= 11 is 0. The van der Waals surface area contributed by atoms with Gasteiger partial charge in [-0.05, 0) is 54.5 Å². The van der Waals surface area contributed by atoms with Gasteiger partial charge in [0.25, 0.3) is 0 Å². The third-order valence-electron chi connectivity index (χ3n) is 5.12. The van der Waals surface area contributed by atoms with Crippen molar-refractivity contribution in [2.24, 2.45) is 11.8 Å². The molecule has 4 atom stereocenters. The van der Waals surface area contributed by atoms with E-state index in [1.54, 1.807) is 12.1 Å². The number of rotatable bonds is 1. The highest BCUT2D eigenvalue weighted by molar-refractivity contribution is 5.49. The van der Waals surface area contributed by atoms with Crippen molar-refractivity contribution in [2.45, 2.75) is 45.1 Å². The van der Waals surface area contributed by atoms with E-state index in [0.717, 1.165) is 19.4 Å². The second-order valence-electron chi connectivity index (χ2n) is 6.17. The summed E-state index contributed by atoms with van der Waals surface area (Å²) in [6.07, 6.45) is 3.29. The molecule has 3 nitrogen and oxygen atoms in total. The number of hydrogen-bond acceptors (Lipinski definition) is 3. The summed E-state index contributed by atoms with van der Waals surface area (Å²) in [7, 11) is 0. The normalized spacial score (nSPS) is 33.6. The van der Waals surface area contributed by atoms with E-state index in [1.165, 1.54) is 17.5 Å². The Hall–Kier alpha value is -1.22. The predicted octanol–water partition coefficient (Wildman–Crippen LogP) is 2.76. The van der Waals surface area contributed by atoms with Crippen molar-refractivity contribution in [1.29, 1.82) is 0 Å². The molecule has 0 saturated carbocycles. The number of benzene rings is 1. The van der Waals surface area contributed by atoms with E-state index in [-0.39, 0.29) is 11.5 Å². The molecule has 0 radical (unpaired) electrons. The molecule has 3 rings (SSSR count). The van der Waals surface area contributed by atoms with E-state index in [4.69, 9.17) is 0 Å². The van der Waals surface area contributed by atoms with Crippen LogP contribution in [-0.4, -0.2) is 22.8 Å². The van der Waals surface area contributed by atoms with E-state index < -0.39 is 0 Å². The Morgan fingerprint density at radius 2 is 2.00 bits per heavy atom. The molecule has 1 saturated heterocycles. The molecule has 1 heterocycles. The minimum absolute atomic E-state index is 0.0158. The molecule has 0 amide bonds. The van der Waals surface area contributed by atoms with Crippen molar-refractivity contribution in [1.82, 2.24) is 5.32 Å². The molecule has 0 aromatic heterocycles. The Kier molecular flexibility index (Phi) is 3.17. The average molecular weight is 261 g/mol. The van der Waals surface area contributed by atoms with E-state index in [1.807, 2.05) is 0 Å². The Bertz CT molecular complexity index is 486. The summed E-state index contributed by atoms with van der Waals surface area (Å²) in [6, 6.07) is 4.08. The lowest BCUT2D eigenvalue weighted by atomic mass is 9.65. The van der Waals surface area contributed by atoms with Crippen LogP contribution in [0.25, 0.3) is 0 Å². The van der Waals surface area contributed by atoms with Gasteiger partial charge in [-0.3, -0.25) is 0 Å². The van der Waals surface area contributed by atoms with Crippen molar-refractivity contribution in [2.75, 3.05) is 6.54 Å². The van der Waals surface area contributed by atoms with Gasteiger partial charge in [-0.1, -0.05) is 20.3 Å². The Morgan fingerprint density at radius 3 is 2.74 bits per heavy atom. The maximum Gasteiger partial charge on any atom is 0.157 e.